The van der Waals surface area contributed by atoms with Crippen molar-refractivity contribution >= 4 is 15.9 Å². The molecule has 6 nitrogen and oxygen atoms in total. The van der Waals surface area contributed by atoms with E-state index in [4.69, 9.17) is 0 Å². The second kappa shape index (κ2) is 8.29. The molecule has 7 heteroatoms. The van der Waals surface area contributed by atoms with E-state index in [0.29, 0.717) is 24.4 Å². The Morgan fingerprint density at radius 3 is 2.48 bits per heavy atom. The number of piperidine rings is 2. The highest BCUT2D eigenvalue weighted by atomic mass is 32.2. The van der Waals surface area contributed by atoms with E-state index in [1.807, 2.05) is 11.1 Å². The molecule has 0 radical (unpaired) electrons. The van der Waals surface area contributed by atoms with Crippen LogP contribution in [0.1, 0.15) is 38.5 Å². The molecule has 138 valence electrons. The Balaban J connectivity index is 1.56. The highest BCUT2D eigenvalue weighted by Crippen LogP contribution is 2.25. The van der Waals surface area contributed by atoms with E-state index in [9.17, 15) is 13.2 Å². The van der Waals surface area contributed by atoms with Crippen LogP contribution in [0.25, 0.3) is 0 Å². The molecule has 25 heavy (non-hydrogen) atoms. The zero-order valence-electron chi connectivity index (χ0n) is 14.6. The summed E-state index contributed by atoms with van der Waals surface area (Å²) in [7, 11) is -3.47. The van der Waals surface area contributed by atoms with Gasteiger partial charge in [0.2, 0.25) is 15.9 Å². The van der Waals surface area contributed by atoms with Gasteiger partial charge in [-0.05, 0) is 43.7 Å². The van der Waals surface area contributed by atoms with Gasteiger partial charge < -0.3 is 0 Å². The van der Waals surface area contributed by atoms with Crippen molar-refractivity contribution in [2.75, 3.05) is 26.2 Å². The molecular weight excluding hydrogens is 338 g/mol. The number of sulfonamides is 1. The molecule has 2 heterocycles. The Kier molecular flexibility index (Phi) is 6.09. The fourth-order valence-corrected chi connectivity index (χ4v) is 5.22. The number of rotatable bonds is 5. The van der Waals surface area contributed by atoms with E-state index < -0.39 is 10.0 Å². The maximum Gasteiger partial charge on any atom is 0.243 e. The number of nitrogens with one attached hydrogen (secondary N) is 1. The molecule has 1 aromatic carbocycles. The van der Waals surface area contributed by atoms with Crippen LogP contribution >= 0.6 is 0 Å². The van der Waals surface area contributed by atoms with Gasteiger partial charge in [0.1, 0.15) is 0 Å². The Labute approximate surface area is 150 Å². The smallest absolute Gasteiger partial charge is 0.243 e. The summed E-state index contributed by atoms with van der Waals surface area (Å²) in [6.45, 7) is 2.77. The van der Waals surface area contributed by atoms with Crippen molar-refractivity contribution < 1.29 is 13.2 Å². The van der Waals surface area contributed by atoms with Crippen molar-refractivity contribution in [2.45, 2.75) is 43.4 Å². The van der Waals surface area contributed by atoms with Crippen molar-refractivity contribution in [3.63, 3.8) is 0 Å². The minimum Gasteiger partial charge on any atom is -0.289 e. The first-order valence-corrected chi connectivity index (χ1v) is 10.6. The molecule has 2 saturated heterocycles. The highest BCUT2D eigenvalue weighted by Gasteiger charge is 2.31. The van der Waals surface area contributed by atoms with E-state index in [1.165, 1.54) is 10.7 Å². The summed E-state index contributed by atoms with van der Waals surface area (Å²) in [4.78, 5) is 12.6. The SMILES string of the molecule is O=C(CC1CCCN(S(=O)(=O)c2ccccc2)C1)NN1CCCCC1. The number of amides is 1. The fourth-order valence-electron chi connectivity index (χ4n) is 3.64. The van der Waals surface area contributed by atoms with Gasteiger partial charge in [0.05, 0.1) is 4.90 Å². The monoisotopic (exact) mass is 365 g/mol. The molecule has 1 atom stereocenters. The average Bonchev–Trinajstić information content (AvgIpc) is 2.63. The lowest BCUT2D eigenvalue weighted by Crippen LogP contribution is -2.47. The number of nitrogens with zero attached hydrogens (tertiary/aromatic N) is 2. The summed E-state index contributed by atoms with van der Waals surface area (Å²) >= 11 is 0. The molecule has 2 aliphatic heterocycles. The number of hydrogen-bond acceptors (Lipinski definition) is 4. The summed E-state index contributed by atoms with van der Waals surface area (Å²) in [6.07, 6.45) is 5.54. The van der Waals surface area contributed by atoms with Gasteiger partial charge in [-0.2, -0.15) is 4.31 Å². The lowest BCUT2D eigenvalue weighted by molar-refractivity contribution is -0.127. The first kappa shape index (κ1) is 18.4. The number of hydrogen-bond donors (Lipinski definition) is 1. The maximum absolute atomic E-state index is 12.8. The molecule has 0 saturated carbocycles. The molecule has 3 rings (SSSR count). The summed E-state index contributed by atoms with van der Waals surface area (Å²) in [5.41, 5.74) is 2.98. The third-order valence-electron chi connectivity index (χ3n) is 4.98. The van der Waals surface area contributed by atoms with Gasteiger partial charge in [-0.3, -0.25) is 10.2 Å². The second-order valence-corrected chi connectivity index (χ2v) is 8.91. The van der Waals surface area contributed by atoms with Crippen molar-refractivity contribution in [1.29, 1.82) is 0 Å². The quantitative estimate of drug-likeness (QED) is 0.866. The van der Waals surface area contributed by atoms with Gasteiger partial charge in [0.15, 0.2) is 0 Å². The highest BCUT2D eigenvalue weighted by molar-refractivity contribution is 7.89. The Bertz CT molecular complexity index is 672. The molecule has 0 spiro atoms. The third-order valence-corrected chi connectivity index (χ3v) is 6.86. The number of benzene rings is 1. The van der Waals surface area contributed by atoms with Gasteiger partial charge in [-0.15, -0.1) is 0 Å². The summed E-state index contributed by atoms with van der Waals surface area (Å²) in [5.74, 6) is 0.0860. The van der Waals surface area contributed by atoms with E-state index in [-0.39, 0.29) is 11.8 Å². The topological polar surface area (TPSA) is 69.7 Å². The van der Waals surface area contributed by atoms with Crippen LogP contribution in [-0.4, -0.2) is 49.8 Å². The van der Waals surface area contributed by atoms with Crippen molar-refractivity contribution in [3.05, 3.63) is 30.3 Å². The van der Waals surface area contributed by atoms with Gasteiger partial charge in [-0.25, -0.2) is 13.4 Å². The van der Waals surface area contributed by atoms with E-state index in [2.05, 4.69) is 5.43 Å². The zero-order valence-corrected chi connectivity index (χ0v) is 15.4. The second-order valence-electron chi connectivity index (χ2n) is 6.97. The van der Waals surface area contributed by atoms with E-state index in [1.54, 1.807) is 24.3 Å². The van der Waals surface area contributed by atoms with Gasteiger partial charge >= 0.3 is 0 Å². The largest absolute Gasteiger partial charge is 0.289 e. The third kappa shape index (κ3) is 4.80. The summed E-state index contributed by atoms with van der Waals surface area (Å²) < 4.78 is 27.0. The predicted molar refractivity (Wildman–Crippen MR) is 96.1 cm³/mol. The normalized spacial score (nSPS) is 23.3. The number of hydrazine groups is 1. The maximum atomic E-state index is 12.8. The minimum atomic E-state index is -3.47. The number of carbonyl (C=O) groups is 1. The van der Waals surface area contributed by atoms with Crippen LogP contribution in [0.3, 0.4) is 0 Å². The molecule has 1 N–H and O–H groups in total. The Morgan fingerprint density at radius 2 is 1.76 bits per heavy atom. The van der Waals surface area contributed by atoms with Crippen molar-refractivity contribution in [2.24, 2.45) is 5.92 Å². The average molecular weight is 365 g/mol. The Hall–Kier alpha value is -1.44. The van der Waals surface area contributed by atoms with Crippen LogP contribution in [0.15, 0.2) is 35.2 Å². The van der Waals surface area contributed by atoms with Crippen LogP contribution in [0.4, 0.5) is 0 Å². The van der Waals surface area contributed by atoms with E-state index in [0.717, 1.165) is 38.8 Å². The van der Waals surface area contributed by atoms with Gasteiger partial charge in [-0.1, -0.05) is 24.6 Å². The lowest BCUT2D eigenvalue weighted by atomic mass is 9.96. The molecule has 0 aromatic heterocycles. The van der Waals surface area contributed by atoms with Crippen LogP contribution in [0, 0.1) is 5.92 Å². The molecule has 2 fully saturated rings. The molecule has 1 unspecified atom stereocenters. The molecular formula is C18H27N3O3S. The van der Waals surface area contributed by atoms with Crippen LogP contribution in [0.2, 0.25) is 0 Å². The summed E-state index contributed by atoms with van der Waals surface area (Å²) in [6, 6.07) is 8.54. The zero-order chi connectivity index (χ0) is 17.7. The first-order chi connectivity index (χ1) is 12.1. The molecule has 1 amide bonds. The summed E-state index contributed by atoms with van der Waals surface area (Å²) in [5, 5.41) is 1.99. The van der Waals surface area contributed by atoms with Gasteiger partial charge in [0.25, 0.3) is 0 Å². The predicted octanol–water partition coefficient (Wildman–Crippen LogP) is 1.99. The Morgan fingerprint density at radius 1 is 1.04 bits per heavy atom. The van der Waals surface area contributed by atoms with Crippen molar-refractivity contribution in [3.8, 4) is 0 Å². The number of carbonyl (C=O) groups excluding carboxylic acids is 1. The van der Waals surface area contributed by atoms with Crippen LogP contribution < -0.4 is 5.43 Å². The molecule has 0 bridgehead atoms. The van der Waals surface area contributed by atoms with Crippen molar-refractivity contribution in [1.82, 2.24) is 14.7 Å². The standard InChI is InChI=1S/C18H27N3O3S/c22-18(19-20-11-5-2-6-12-20)14-16-8-7-13-21(15-16)25(23,24)17-9-3-1-4-10-17/h1,3-4,9-10,16H,2,5-8,11-15H2,(H,19,22). The van der Waals surface area contributed by atoms with E-state index >= 15 is 0 Å². The van der Waals surface area contributed by atoms with Crippen LogP contribution in [0.5, 0.6) is 0 Å². The lowest BCUT2D eigenvalue weighted by Gasteiger charge is -2.32. The minimum absolute atomic E-state index is 0.00543. The molecule has 1 aromatic rings. The first-order valence-electron chi connectivity index (χ1n) is 9.15. The fraction of sp³-hybridized carbons (Fsp3) is 0.611. The van der Waals surface area contributed by atoms with Gasteiger partial charge in [0, 0.05) is 32.6 Å². The molecule has 2 aliphatic rings. The van der Waals surface area contributed by atoms with Crippen LogP contribution in [-0.2, 0) is 14.8 Å². The molecule has 0 aliphatic carbocycles.